The maximum absolute atomic E-state index is 11.8. The first kappa shape index (κ1) is 12.7. The van der Waals surface area contributed by atoms with Crippen molar-refractivity contribution in [3.8, 4) is 5.82 Å². The van der Waals surface area contributed by atoms with Crippen molar-refractivity contribution in [2.45, 2.75) is 6.92 Å². The lowest BCUT2D eigenvalue weighted by Gasteiger charge is -2.07. The van der Waals surface area contributed by atoms with Gasteiger partial charge in [-0.1, -0.05) is 0 Å². The second-order valence-corrected chi connectivity index (χ2v) is 3.55. The number of esters is 1. The van der Waals surface area contributed by atoms with E-state index >= 15 is 0 Å². The van der Waals surface area contributed by atoms with E-state index in [1.165, 1.54) is 23.1 Å². The molecule has 0 aliphatic carbocycles. The quantitative estimate of drug-likeness (QED) is 0.829. The molecule has 19 heavy (non-hydrogen) atoms. The molecule has 2 aromatic rings. The fraction of sp³-hybridized carbons (Fsp3) is 0.167. The third-order valence-electron chi connectivity index (χ3n) is 2.31. The smallest absolute Gasteiger partial charge is 0.356 e. The predicted molar refractivity (Wildman–Crippen MR) is 64.3 cm³/mol. The van der Waals surface area contributed by atoms with Gasteiger partial charge in [0.15, 0.2) is 11.5 Å². The van der Waals surface area contributed by atoms with Crippen LogP contribution in [0, 0.1) is 0 Å². The molecule has 0 aliphatic heterocycles. The summed E-state index contributed by atoms with van der Waals surface area (Å²) in [5.41, 5.74) is 0.102. The number of nitrogens with zero attached hydrogens (tertiary/aromatic N) is 3. The second-order valence-electron chi connectivity index (χ2n) is 3.55. The Morgan fingerprint density at radius 1 is 1.42 bits per heavy atom. The number of carboxylic acid groups (broad SMARTS) is 1. The molecular weight excluding hydrogens is 250 g/mol. The molecule has 2 heterocycles. The summed E-state index contributed by atoms with van der Waals surface area (Å²) in [4.78, 5) is 26.6. The second kappa shape index (κ2) is 5.30. The van der Waals surface area contributed by atoms with Gasteiger partial charge in [0.05, 0.1) is 6.61 Å². The average Bonchev–Trinajstić information content (AvgIpc) is 2.88. The fourth-order valence-electron chi connectivity index (χ4n) is 1.50. The van der Waals surface area contributed by atoms with Gasteiger partial charge < -0.3 is 9.84 Å². The zero-order chi connectivity index (χ0) is 13.8. The molecular formula is C12H11N3O4. The number of aromatic nitrogens is 3. The first-order valence-electron chi connectivity index (χ1n) is 5.55. The van der Waals surface area contributed by atoms with Crippen molar-refractivity contribution >= 4 is 11.9 Å². The van der Waals surface area contributed by atoms with E-state index in [-0.39, 0.29) is 23.7 Å². The number of rotatable bonds is 4. The van der Waals surface area contributed by atoms with Crippen molar-refractivity contribution in [2.24, 2.45) is 0 Å². The zero-order valence-corrected chi connectivity index (χ0v) is 10.1. The number of carbonyl (C=O) groups excluding carboxylic acids is 1. The Morgan fingerprint density at radius 2 is 2.21 bits per heavy atom. The third-order valence-corrected chi connectivity index (χ3v) is 2.31. The van der Waals surface area contributed by atoms with Crippen LogP contribution in [0.1, 0.15) is 27.8 Å². The summed E-state index contributed by atoms with van der Waals surface area (Å²) in [6, 6.07) is 4.46. The van der Waals surface area contributed by atoms with Crippen LogP contribution in [0.5, 0.6) is 0 Å². The topological polar surface area (TPSA) is 94.3 Å². The zero-order valence-electron chi connectivity index (χ0n) is 10.1. The highest BCUT2D eigenvalue weighted by Crippen LogP contribution is 2.12. The Balaban J connectivity index is 2.43. The van der Waals surface area contributed by atoms with Gasteiger partial charge >= 0.3 is 11.9 Å². The molecule has 2 rings (SSSR count). The number of ether oxygens (including phenoxy) is 1. The van der Waals surface area contributed by atoms with Crippen molar-refractivity contribution in [1.82, 2.24) is 14.8 Å². The van der Waals surface area contributed by atoms with Gasteiger partial charge in [0.25, 0.3) is 0 Å². The predicted octanol–water partition coefficient (Wildman–Crippen LogP) is 1.14. The Morgan fingerprint density at radius 3 is 2.84 bits per heavy atom. The van der Waals surface area contributed by atoms with Gasteiger partial charge in [-0.3, -0.25) is 0 Å². The lowest BCUT2D eigenvalue weighted by atomic mass is 10.2. The molecule has 0 aromatic carbocycles. The maximum Gasteiger partial charge on any atom is 0.356 e. The summed E-state index contributed by atoms with van der Waals surface area (Å²) < 4.78 is 6.14. The maximum atomic E-state index is 11.8. The fourth-order valence-corrected chi connectivity index (χ4v) is 1.50. The SMILES string of the molecule is CCOC(=O)c1cccnc1-n1ccc(C(=O)O)n1. The highest BCUT2D eigenvalue weighted by molar-refractivity contribution is 5.92. The minimum absolute atomic E-state index is 0.125. The number of pyridine rings is 1. The average molecular weight is 261 g/mol. The van der Waals surface area contributed by atoms with E-state index in [4.69, 9.17) is 9.84 Å². The third kappa shape index (κ3) is 2.59. The van der Waals surface area contributed by atoms with Gasteiger partial charge in [0.1, 0.15) is 5.56 Å². The Labute approximate surface area is 108 Å². The molecule has 0 unspecified atom stereocenters. The van der Waals surface area contributed by atoms with Crippen LogP contribution in [-0.4, -0.2) is 38.4 Å². The molecule has 0 saturated carbocycles. The minimum atomic E-state index is -1.15. The summed E-state index contributed by atoms with van der Waals surface area (Å²) in [6.07, 6.45) is 2.91. The highest BCUT2D eigenvalue weighted by atomic mass is 16.5. The van der Waals surface area contributed by atoms with Gasteiger partial charge in [-0.05, 0) is 25.1 Å². The van der Waals surface area contributed by atoms with E-state index in [0.717, 1.165) is 0 Å². The van der Waals surface area contributed by atoms with Crippen LogP contribution in [0.15, 0.2) is 30.6 Å². The molecule has 2 aromatic heterocycles. The van der Waals surface area contributed by atoms with Crippen molar-refractivity contribution in [1.29, 1.82) is 0 Å². The van der Waals surface area contributed by atoms with Crippen molar-refractivity contribution in [3.05, 3.63) is 41.9 Å². The van der Waals surface area contributed by atoms with Gasteiger partial charge in [0, 0.05) is 12.4 Å². The molecule has 98 valence electrons. The van der Waals surface area contributed by atoms with Gasteiger partial charge in [-0.15, -0.1) is 0 Å². The van der Waals surface area contributed by atoms with Crippen molar-refractivity contribution in [2.75, 3.05) is 6.61 Å². The van der Waals surface area contributed by atoms with Gasteiger partial charge in [-0.2, -0.15) is 5.10 Å². The first-order valence-corrected chi connectivity index (χ1v) is 5.55. The van der Waals surface area contributed by atoms with E-state index < -0.39 is 11.9 Å². The normalized spacial score (nSPS) is 10.2. The van der Waals surface area contributed by atoms with Gasteiger partial charge in [0.2, 0.25) is 0 Å². The van der Waals surface area contributed by atoms with Crippen LogP contribution in [0.4, 0.5) is 0 Å². The van der Waals surface area contributed by atoms with Crippen LogP contribution < -0.4 is 0 Å². The summed E-state index contributed by atoms with van der Waals surface area (Å²) in [7, 11) is 0. The number of aromatic carboxylic acids is 1. The minimum Gasteiger partial charge on any atom is -0.476 e. The number of hydrogen-bond acceptors (Lipinski definition) is 5. The molecule has 1 N–H and O–H groups in total. The Hall–Kier alpha value is -2.70. The van der Waals surface area contributed by atoms with E-state index in [9.17, 15) is 9.59 Å². The van der Waals surface area contributed by atoms with Crippen molar-refractivity contribution < 1.29 is 19.4 Å². The van der Waals surface area contributed by atoms with E-state index in [1.807, 2.05) is 0 Å². The molecule has 0 amide bonds. The first-order chi connectivity index (χ1) is 9.13. The monoisotopic (exact) mass is 261 g/mol. The van der Waals surface area contributed by atoms with E-state index in [0.29, 0.717) is 0 Å². The Kier molecular flexibility index (Phi) is 3.56. The number of carboxylic acids is 1. The largest absolute Gasteiger partial charge is 0.476 e. The summed E-state index contributed by atoms with van der Waals surface area (Å²) in [5.74, 6) is -1.45. The van der Waals surface area contributed by atoms with Crippen LogP contribution >= 0.6 is 0 Å². The van der Waals surface area contributed by atoms with Crippen LogP contribution in [-0.2, 0) is 4.74 Å². The lowest BCUT2D eigenvalue weighted by molar-refractivity contribution is 0.0525. The summed E-state index contributed by atoms with van der Waals surface area (Å²) in [6.45, 7) is 1.94. The Bertz CT molecular complexity index is 621. The molecule has 0 atom stereocenters. The van der Waals surface area contributed by atoms with Crippen LogP contribution in [0.2, 0.25) is 0 Å². The van der Waals surface area contributed by atoms with Crippen LogP contribution in [0.25, 0.3) is 5.82 Å². The summed E-state index contributed by atoms with van der Waals surface area (Å²) >= 11 is 0. The molecule has 0 saturated heterocycles. The van der Waals surface area contributed by atoms with Crippen molar-refractivity contribution in [3.63, 3.8) is 0 Å². The molecule has 0 radical (unpaired) electrons. The molecule has 0 spiro atoms. The van der Waals surface area contributed by atoms with E-state index in [1.54, 1.807) is 19.1 Å². The van der Waals surface area contributed by atoms with Crippen LogP contribution in [0.3, 0.4) is 0 Å². The standard InChI is InChI=1S/C12H11N3O4/c1-2-19-12(18)8-4-3-6-13-10(8)15-7-5-9(14-15)11(16)17/h3-7H,2H2,1H3,(H,16,17). The van der Waals surface area contributed by atoms with Gasteiger partial charge in [-0.25, -0.2) is 19.3 Å². The molecule has 7 nitrogen and oxygen atoms in total. The lowest BCUT2D eigenvalue weighted by Crippen LogP contribution is -2.12. The molecule has 0 aliphatic rings. The molecule has 0 fully saturated rings. The molecule has 0 bridgehead atoms. The van der Waals surface area contributed by atoms with E-state index in [2.05, 4.69) is 10.1 Å². The molecule has 7 heteroatoms. The number of carbonyl (C=O) groups is 2. The highest BCUT2D eigenvalue weighted by Gasteiger charge is 2.16. The number of hydrogen-bond donors (Lipinski definition) is 1. The summed E-state index contributed by atoms with van der Waals surface area (Å²) in [5, 5.41) is 12.6.